The van der Waals surface area contributed by atoms with Crippen LogP contribution in [0.2, 0.25) is 0 Å². The number of hydrogen-bond donors (Lipinski definition) is 0. The Balaban J connectivity index is 1.61. The van der Waals surface area contributed by atoms with E-state index in [2.05, 4.69) is 26.6 Å². The van der Waals surface area contributed by atoms with E-state index in [1.165, 1.54) is 0 Å². The molecule has 1 amide bonds. The molecule has 0 fully saturated rings. The fraction of sp³-hybridized carbons (Fsp3) is 0.160. The molecular weight excluding hydrogens is 416 g/mol. The lowest BCUT2D eigenvalue weighted by Gasteiger charge is -2.24. The van der Waals surface area contributed by atoms with Crippen LogP contribution in [-0.2, 0) is 13.1 Å². The van der Waals surface area contributed by atoms with Crippen LogP contribution in [0.5, 0.6) is 5.75 Å². The van der Waals surface area contributed by atoms with Crippen molar-refractivity contribution in [2.45, 2.75) is 20.0 Å². The van der Waals surface area contributed by atoms with Gasteiger partial charge < -0.3 is 9.64 Å². The number of carbonyl (C=O) groups excluding carboxylic acids is 1. The lowest BCUT2D eigenvalue weighted by molar-refractivity contribution is 0.0727. The van der Waals surface area contributed by atoms with Crippen LogP contribution in [0.4, 0.5) is 0 Å². The average Bonchev–Trinajstić information content (AvgIpc) is 3.34. The molecular formula is C25H22N6O2. The molecule has 0 unspecified atom stereocenters. The Morgan fingerprint density at radius 2 is 1.94 bits per heavy atom. The lowest BCUT2D eigenvalue weighted by atomic mass is 10.1. The van der Waals surface area contributed by atoms with Crippen molar-refractivity contribution >= 4 is 22.5 Å². The van der Waals surface area contributed by atoms with Crippen LogP contribution in [0.25, 0.3) is 16.6 Å². The molecule has 164 valence electrons. The van der Waals surface area contributed by atoms with Crippen LogP contribution in [0, 0.1) is 6.92 Å². The van der Waals surface area contributed by atoms with Crippen molar-refractivity contribution in [1.29, 1.82) is 0 Å². The maximum Gasteiger partial charge on any atom is 0.258 e. The van der Waals surface area contributed by atoms with Crippen LogP contribution >= 0.6 is 0 Å². The van der Waals surface area contributed by atoms with Crippen molar-refractivity contribution in [3.05, 3.63) is 95.3 Å². The molecule has 0 radical (unpaired) electrons. The van der Waals surface area contributed by atoms with Crippen molar-refractivity contribution in [2.24, 2.45) is 0 Å². The van der Waals surface area contributed by atoms with Gasteiger partial charge in [-0.05, 0) is 52.7 Å². The maximum absolute atomic E-state index is 13.7. The van der Waals surface area contributed by atoms with Gasteiger partial charge in [0.05, 0.1) is 24.7 Å². The molecule has 8 nitrogen and oxygen atoms in total. The molecule has 0 bridgehead atoms. The third-order valence-electron chi connectivity index (χ3n) is 5.65. The van der Waals surface area contributed by atoms with Gasteiger partial charge in [0, 0.05) is 29.9 Å². The molecule has 0 atom stereocenters. The Kier molecular flexibility index (Phi) is 5.40. The first-order valence-corrected chi connectivity index (χ1v) is 10.6. The van der Waals surface area contributed by atoms with Crippen LogP contribution in [0.3, 0.4) is 0 Å². The van der Waals surface area contributed by atoms with Crippen molar-refractivity contribution < 1.29 is 9.53 Å². The second-order valence-electron chi connectivity index (χ2n) is 7.82. The molecule has 0 saturated carbocycles. The first-order valence-electron chi connectivity index (χ1n) is 10.6. The normalized spacial score (nSPS) is 11.1. The zero-order valence-corrected chi connectivity index (χ0v) is 18.3. The quantitative estimate of drug-likeness (QED) is 0.401. The second kappa shape index (κ2) is 8.66. The molecule has 0 spiro atoms. The number of benzene rings is 2. The molecule has 2 aromatic carbocycles. The summed E-state index contributed by atoms with van der Waals surface area (Å²) in [5.41, 5.74) is 4.93. The Hall–Kier alpha value is -4.33. The van der Waals surface area contributed by atoms with E-state index in [1.54, 1.807) is 41.1 Å². The molecule has 0 aliphatic rings. The minimum Gasteiger partial charge on any atom is -0.496 e. The minimum absolute atomic E-state index is 0.147. The van der Waals surface area contributed by atoms with E-state index in [4.69, 9.17) is 4.74 Å². The van der Waals surface area contributed by atoms with E-state index in [0.717, 1.165) is 27.6 Å². The van der Waals surface area contributed by atoms with Gasteiger partial charge in [0.15, 0.2) is 5.65 Å². The number of ether oxygens (including phenoxy) is 1. The summed E-state index contributed by atoms with van der Waals surface area (Å²) in [5.74, 6) is 0.383. The van der Waals surface area contributed by atoms with Crippen molar-refractivity contribution in [3.63, 3.8) is 0 Å². The number of amides is 1. The van der Waals surface area contributed by atoms with Crippen LogP contribution in [-0.4, -0.2) is 42.9 Å². The number of aryl methyl sites for hydroxylation is 1. The smallest absolute Gasteiger partial charge is 0.258 e. The fourth-order valence-electron chi connectivity index (χ4n) is 4.10. The van der Waals surface area contributed by atoms with Crippen LogP contribution < -0.4 is 4.74 Å². The van der Waals surface area contributed by atoms with Gasteiger partial charge in [-0.1, -0.05) is 36.4 Å². The number of rotatable bonds is 6. The predicted octanol–water partition coefficient (Wildman–Crippen LogP) is 3.83. The summed E-state index contributed by atoms with van der Waals surface area (Å²) in [6, 6.07) is 19.2. The number of methoxy groups -OCH3 is 1. The Labute approximate surface area is 190 Å². The molecule has 8 heteroatoms. The highest BCUT2D eigenvalue weighted by Gasteiger charge is 2.22. The second-order valence-corrected chi connectivity index (χ2v) is 7.82. The maximum atomic E-state index is 13.7. The number of hydrogen-bond acceptors (Lipinski definition) is 6. The largest absolute Gasteiger partial charge is 0.496 e. The molecule has 0 aliphatic carbocycles. The zero-order chi connectivity index (χ0) is 22.8. The molecule has 5 rings (SSSR count). The Morgan fingerprint density at radius 3 is 2.76 bits per heavy atom. The number of carbonyl (C=O) groups is 1. The van der Waals surface area contributed by atoms with Gasteiger partial charge in [-0.25, -0.2) is 0 Å². The molecule has 33 heavy (non-hydrogen) atoms. The SMILES string of the molecule is COc1ccccc1C(=O)N(Cc1cccnc1)Cc1cc2cccc(C)c2n2nnnc12. The molecule has 3 heterocycles. The minimum atomic E-state index is -0.147. The highest BCUT2D eigenvalue weighted by molar-refractivity contribution is 5.97. The van der Waals surface area contributed by atoms with Crippen molar-refractivity contribution in [2.75, 3.05) is 7.11 Å². The Morgan fingerprint density at radius 1 is 1.06 bits per heavy atom. The number of tetrazole rings is 1. The monoisotopic (exact) mass is 438 g/mol. The summed E-state index contributed by atoms with van der Waals surface area (Å²) in [4.78, 5) is 19.7. The number of aromatic nitrogens is 5. The van der Waals surface area contributed by atoms with Crippen molar-refractivity contribution in [3.8, 4) is 5.75 Å². The highest BCUT2D eigenvalue weighted by Crippen LogP contribution is 2.26. The third-order valence-corrected chi connectivity index (χ3v) is 5.65. The number of pyridine rings is 2. The summed E-state index contributed by atoms with van der Waals surface area (Å²) in [6.07, 6.45) is 3.48. The zero-order valence-electron chi connectivity index (χ0n) is 18.3. The standard InChI is InChI=1S/C25H22N6O2/c1-17-7-5-9-19-13-20(24-27-28-29-31(24)23(17)19)16-30(15-18-8-6-12-26-14-18)25(32)21-10-3-4-11-22(21)33-2/h3-14H,15-16H2,1-2H3. The average molecular weight is 438 g/mol. The van der Waals surface area contributed by atoms with E-state index in [-0.39, 0.29) is 5.91 Å². The molecule has 3 aromatic heterocycles. The fourth-order valence-corrected chi connectivity index (χ4v) is 4.10. The third kappa shape index (κ3) is 3.87. The lowest BCUT2D eigenvalue weighted by Crippen LogP contribution is -2.30. The Bertz CT molecular complexity index is 1450. The van der Waals surface area contributed by atoms with Gasteiger partial charge in [-0.2, -0.15) is 4.52 Å². The summed E-state index contributed by atoms with van der Waals surface area (Å²) in [5, 5.41) is 13.4. The van der Waals surface area contributed by atoms with E-state index in [0.29, 0.717) is 30.0 Å². The summed E-state index contributed by atoms with van der Waals surface area (Å²) >= 11 is 0. The van der Waals surface area contributed by atoms with E-state index in [1.807, 2.05) is 49.4 Å². The van der Waals surface area contributed by atoms with Gasteiger partial charge in [0.2, 0.25) is 0 Å². The summed E-state index contributed by atoms with van der Waals surface area (Å²) in [7, 11) is 1.56. The van der Waals surface area contributed by atoms with Crippen LogP contribution in [0.1, 0.15) is 27.0 Å². The van der Waals surface area contributed by atoms with Gasteiger partial charge in [-0.3, -0.25) is 9.78 Å². The first kappa shape index (κ1) is 20.6. The van der Waals surface area contributed by atoms with Gasteiger partial charge >= 0.3 is 0 Å². The predicted molar refractivity (Wildman–Crippen MR) is 124 cm³/mol. The van der Waals surface area contributed by atoms with Crippen LogP contribution in [0.15, 0.2) is 73.1 Å². The number of fused-ring (bicyclic) bond motifs is 3. The van der Waals surface area contributed by atoms with Crippen molar-refractivity contribution in [1.82, 2.24) is 29.9 Å². The van der Waals surface area contributed by atoms with E-state index < -0.39 is 0 Å². The molecule has 0 saturated heterocycles. The summed E-state index contributed by atoms with van der Waals surface area (Å²) in [6.45, 7) is 2.73. The van der Waals surface area contributed by atoms with Gasteiger partial charge in [-0.15, -0.1) is 5.10 Å². The number of nitrogens with zero attached hydrogens (tertiary/aromatic N) is 6. The molecule has 0 aliphatic heterocycles. The number of para-hydroxylation sites is 2. The van der Waals surface area contributed by atoms with E-state index in [9.17, 15) is 4.79 Å². The highest BCUT2D eigenvalue weighted by atomic mass is 16.5. The topological polar surface area (TPSA) is 85.5 Å². The molecule has 0 N–H and O–H groups in total. The van der Waals surface area contributed by atoms with E-state index >= 15 is 0 Å². The first-order chi connectivity index (χ1) is 16.2. The summed E-state index contributed by atoms with van der Waals surface area (Å²) < 4.78 is 7.20. The van der Waals surface area contributed by atoms with Gasteiger partial charge in [0.25, 0.3) is 5.91 Å². The van der Waals surface area contributed by atoms with Gasteiger partial charge in [0.1, 0.15) is 5.75 Å². The molecule has 5 aromatic rings.